The maximum absolute atomic E-state index is 14.4. The maximum Gasteiger partial charge on any atom is 0.246 e. The number of methoxy groups -OCH3 is 1. The fourth-order valence-electron chi connectivity index (χ4n) is 5.37. The molecule has 0 N–H and O–H groups in total. The van der Waals surface area contributed by atoms with Crippen LogP contribution in [0.2, 0.25) is 0 Å². The molecule has 0 aliphatic carbocycles. The predicted molar refractivity (Wildman–Crippen MR) is 140 cm³/mol. The highest BCUT2D eigenvalue weighted by atomic mass is 16.5. The monoisotopic (exact) mass is 477 g/mol. The summed E-state index contributed by atoms with van der Waals surface area (Å²) < 4.78 is 17.1. The van der Waals surface area contributed by atoms with Gasteiger partial charge in [-0.1, -0.05) is 72.8 Å². The molecule has 2 aliphatic rings. The van der Waals surface area contributed by atoms with Crippen LogP contribution in [0.5, 0.6) is 11.5 Å². The molecule has 6 rings (SSSR count). The Labute approximate surface area is 210 Å². The Bertz CT molecular complexity index is 1420. The molecule has 36 heavy (non-hydrogen) atoms. The topological polar surface area (TPSA) is 48.0 Å². The second kappa shape index (κ2) is 9.17. The molecule has 4 aromatic carbocycles. The summed E-state index contributed by atoms with van der Waals surface area (Å²) in [7, 11) is 1.65. The summed E-state index contributed by atoms with van der Waals surface area (Å²) in [4.78, 5) is 16.3. The summed E-state index contributed by atoms with van der Waals surface area (Å²) in [6, 6.07) is 32.4. The van der Waals surface area contributed by atoms with Gasteiger partial charge in [0.25, 0.3) is 0 Å². The lowest BCUT2D eigenvalue weighted by molar-refractivity contribution is -0.122. The first-order valence-electron chi connectivity index (χ1n) is 12.2. The van der Waals surface area contributed by atoms with Gasteiger partial charge in [-0.25, -0.2) is 0 Å². The average Bonchev–Trinajstić information content (AvgIpc) is 3.42. The van der Waals surface area contributed by atoms with Gasteiger partial charge in [-0.05, 0) is 46.5 Å². The number of ether oxygens (including phenoxy) is 3. The van der Waals surface area contributed by atoms with Gasteiger partial charge in [0.05, 0.1) is 13.2 Å². The van der Waals surface area contributed by atoms with Crippen molar-refractivity contribution >= 4 is 11.6 Å². The van der Waals surface area contributed by atoms with E-state index in [2.05, 4.69) is 24.3 Å². The normalized spacial score (nSPS) is 17.7. The molecule has 1 unspecified atom stereocenters. The van der Waals surface area contributed by atoms with Crippen molar-refractivity contribution in [1.29, 1.82) is 0 Å². The van der Waals surface area contributed by atoms with Gasteiger partial charge in [-0.2, -0.15) is 0 Å². The van der Waals surface area contributed by atoms with Gasteiger partial charge in [0.15, 0.2) is 0 Å². The van der Waals surface area contributed by atoms with Crippen LogP contribution in [-0.2, 0) is 21.5 Å². The number of para-hydroxylation sites is 1. The Morgan fingerprint density at radius 2 is 1.64 bits per heavy atom. The molecule has 0 bridgehead atoms. The van der Waals surface area contributed by atoms with Crippen LogP contribution in [0.1, 0.15) is 16.7 Å². The summed E-state index contributed by atoms with van der Waals surface area (Å²) in [6.07, 6.45) is 0. The second-order valence-electron chi connectivity index (χ2n) is 9.12. The Balaban J connectivity index is 1.41. The Kier molecular flexibility index (Phi) is 5.70. The number of hydrogen-bond donors (Lipinski definition) is 0. The number of benzene rings is 4. The molecule has 4 aromatic rings. The summed E-state index contributed by atoms with van der Waals surface area (Å²) >= 11 is 0. The van der Waals surface area contributed by atoms with Crippen molar-refractivity contribution in [2.75, 3.05) is 31.8 Å². The Hall–Kier alpha value is -4.09. The van der Waals surface area contributed by atoms with Crippen molar-refractivity contribution in [3.05, 3.63) is 114 Å². The van der Waals surface area contributed by atoms with Crippen molar-refractivity contribution in [3.8, 4) is 22.6 Å². The van der Waals surface area contributed by atoms with Crippen LogP contribution in [0.15, 0.2) is 97.1 Å². The highest BCUT2D eigenvalue weighted by molar-refractivity contribution is 6.11. The molecular formula is C31H27NO4. The highest BCUT2D eigenvalue weighted by Crippen LogP contribution is 2.53. The minimum absolute atomic E-state index is 0.0272. The van der Waals surface area contributed by atoms with E-state index in [1.165, 1.54) is 0 Å². The molecule has 0 fully saturated rings. The molecule has 0 radical (unpaired) electrons. The zero-order chi connectivity index (χ0) is 24.5. The van der Waals surface area contributed by atoms with E-state index in [-0.39, 0.29) is 12.5 Å². The molecule has 1 spiro atoms. The molecule has 5 nitrogen and oxygen atoms in total. The largest absolute Gasteiger partial charge is 0.491 e. The van der Waals surface area contributed by atoms with E-state index in [1.54, 1.807) is 7.11 Å². The van der Waals surface area contributed by atoms with Gasteiger partial charge in [0, 0.05) is 18.4 Å². The zero-order valence-corrected chi connectivity index (χ0v) is 20.1. The van der Waals surface area contributed by atoms with E-state index in [4.69, 9.17) is 14.2 Å². The number of fused-ring (bicyclic) bond motifs is 4. The molecule has 180 valence electrons. The van der Waals surface area contributed by atoms with Crippen LogP contribution in [0, 0.1) is 0 Å². The van der Waals surface area contributed by atoms with Crippen LogP contribution >= 0.6 is 0 Å². The molecular weight excluding hydrogens is 450 g/mol. The number of nitrogens with zero attached hydrogens (tertiary/aromatic N) is 1. The van der Waals surface area contributed by atoms with Gasteiger partial charge < -0.3 is 19.1 Å². The van der Waals surface area contributed by atoms with Crippen LogP contribution in [-0.4, -0.2) is 32.8 Å². The lowest BCUT2D eigenvalue weighted by Gasteiger charge is -2.24. The van der Waals surface area contributed by atoms with E-state index in [9.17, 15) is 4.79 Å². The lowest BCUT2D eigenvalue weighted by Crippen LogP contribution is -2.42. The number of amides is 1. The van der Waals surface area contributed by atoms with Crippen molar-refractivity contribution in [2.45, 2.75) is 12.0 Å². The lowest BCUT2D eigenvalue weighted by atomic mass is 9.77. The molecule has 1 atom stereocenters. The smallest absolute Gasteiger partial charge is 0.246 e. The predicted octanol–water partition coefficient (Wildman–Crippen LogP) is 5.60. The van der Waals surface area contributed by atoms with Crippen LogP contribution < -0.4 is 14.4 Å². The maximum atomic E-state index is 14.4. The fourth-order valence-corrected chi connectivity index (χ4v) is 5.37. The number of rotatable bonds is 7. The highest BCUT2D eigenvalue weighted by Gasteiger charge is 2.56. The summed E-state index contributed by atoms with van der Waals surface area (Å²) in [6.45, 7) is 1.68. The van der Waals surface area contributed by atoms with E-state index < -0.39 is 5.41 Å². The third-order valence-electron chi connectivity index (χ3n) is 7.11. The van der Waals surface area contributed by atoms with Crippen molar-refractivity contribution < 1.29 is 19.0 Å². The molecule has 2 aliphatic heterocycles. The van der Waals surface area contributed by atoms with Gasteiger partial charge in [0.1, 0.15) is 30.1 Å². The van der Waals surface area contributed by atoms with Crippen molar-refractivity contribution in [1.82, 2.24) is 0 Å². The van der Waals surface area contributed by atoms with Gasteiger partial charge in [0.2, 0.25) is 5.91 Å². The number of hydrogen-bond acceptors (Lipinski definition) is 4. The standard InChI is InChI=1S/C31H27NO4/c1-34-17-18-35-24-15-16-29-27(19-24)31(21-36-29)26-13-7-8-14-28(26)32(30(31)33)20-23-11-5-6-12-25(23)22-9-3-2-4-10-22/h2-16,19H,17-18,20-21H2,1H3. The zero-order valence-electron chi connectivity index (χ0n) is 20.1. The third-order valence-corrected chi connectivity index (χ3v) is 7.11. The molecule has 2 heterocycles. The van der Waals surface area contributed by atoms with Crippen molar-refractivity contribution in [3.63, 3.8) is 0 Å². The Morgan fingerprint density at radius 1 is 0.861 bits per heavy atom. The molecule has 1 amide bonds. The number of anilines is 1. The van der Waals surface area contributed by atoms with Gasteiger partial charge in [-0.3, -0.25) is 4.79 Å². The minimum Gasteiger partial charge on any atom is -0.491 e. The van der Waals surface area contributed by atoms with E-state index in [0.717, 1.165) is 39.3 Å². The molecule has 0 aromatic heterocycles. The summed E-state index contributed by atoms with van der Waals surface area (Å²) in [5, 5.41) is 0. The fraction of sp³-hybridized carbons (Fsp3) is 0.194. The molecule has 0 saturated heterocycles. The SMILES string of the molecule is COCCOc1ccc2c(c1)C1(CO2)C(=O)N(Cc2ccccc2-c2ccccc2)c2ccccc21. The number of carbonyl (C=O) groups excluding carboxylic acids is 1. The second-order valence-corrected chi connectivity index (χ2v) is 9.12. The average molecular weight is 478 g/mol. The van der Waals surface area contributed by atoms with E-state index in [1.807, 2.05) is 77.7 Å². The van der Waals surface area contributed by atoms with Crippen LogP contribution in [0.25, 0.3) is 11.1 Å². The van der Waals surface area contributed by atoms with E-state index in [0.29, 0.717) is 25.5 Å². The molecule has 0 saturated carbocycles. The van der Waals surface area contributed by atoms with Gasteiger partial charge >= 0.3 is 0 Å². The molecule has 5 heteroatoms. The number of carbonyl (C=O) groups is 1. The first kappa shape index (κ1) is 22.4. The Morgan fingerprint density at radius 3 is 2.50 bits per heavy atom. The summed E-state index contributed by atoms with van der Waals surface area (Å²) in [5.74, 6) is 1.46. The van der Waals surface area contributed by atoms with Gasteiger partial charge in [-0.15, -0.1) is 0 Å². The van der Waals surface area contributed by atoms with E-state index >= 15 is 0 Å². The van der Waals surface area contributed by atoms with Crippen molar-refractivity contribution in [2.24, 2.45) is 0 Å². The minimum atomic E-state index is -0.895. The quantitative estimate of drug-likeness (QED) is 0.325. The first-order chi connectivity index (χ1) is 17.7. The van der Waals surface area contributed by atoms with Crippen LogP contribution in [0.3, 0.4) is 0 Å². The first-order valence-corrected chi connectivity index (χ1v) is 12.2. The van der Waals surface area contributed by atoms with Crippen LogP contribution in [0.4, 0.5) is 5.69 Å². The third kappa shape index (κ3) is 3.55. The summed E-state index contributed by atoms with van der Waals surface area (Å²) in [5.41, 5.74) is 5.21.